The number of likely N-dealkylation sites (tertiary alicyclic amines) is 2. The summed E-state index contributed by atoms with van der Waals surface area (Å²) in [4.78, 5) is 70.2. The Morgan fingerprint density at radius 3 is 1.39 bits per heavy atom. The molecule has 5 aromatic heterocycles. The van der Waals surface area contributed by atoms with E-state index in [2.05, 4.69) is 34.9 Å². The SMILES string of the molecule is CC(C)N1CCOc2c(F)cc(-c3nc(Cc4ccc(C(=O)N5CCC(O)CC5)cn4)ncc3F)cc21.CC(C)N1CCOc2c(F)cc(-c3nc(Cl)ncc3F)cc21.Nc1ccc(C(=O)N2CCC(O)CC2)cn1.Nc1ccc(C(=O)O)cn1.OC1CCCCC1. The summed E-state index contributed by atoms with van der Waals surface area (Å²) < 4.78 is 68.9. The molecule has 3 fully saturated rings. The van der Waals surface area contributed by atoms with Crippen molar-refractivity contribution in [3.05, 3.63) is 148 Å². The Labute approximate surface area is 535 Å². The number of rotatable bonds is 9. The first-order valence-corrected chi connectivity index (χ1v) is 30.8. The molecule has 0 spiro atoms. The van der Waals surface area contributed by atoms with Gasteiger partial charge in [-0.05, 0) is 138 Å². The zero-order chi connectivity index (χ0) is 66.2. The van der Waals surface area contributed by atoms with Crippen LogP contribution in [0.4, 0.5) is 40.6 Å². The maximum atomic E-state index is 14.9. The summed E-state index contributed by atoms with van der Waals surface area (Å²) in [6, 6.07) is 15.6. The largest absolute Gasteiger partial charge is 0.486 e. The Hall–Kier alpha value is -8.85. The van der Waals surface area contributed by atoms with Gasteiger partial charge in [-0.25, -0.2) is 52.3 Å². The van der Waals surface area contributed by atoms with E-state index in [-0.39, 0.29) is 82.4 Å². The van der Waals surface area contributed by atoms with Gasteiger partial charge in [0.1, 0.15) is 42.1 Å². The molecule has 0 bridgehead atoms. The molecular formula is C65H76ClF4N13O9. The number of carbonyl (C=O) groups excluding carboxylic acids is 2. The number of benzene rings is 2. The van der Waals surface area contributed by atoms with Gasteiger partial charge in [0.25, 0.3) is 11.8 Å². The summed E-state index contributed by atoms with van der Waals surface area (Å²) >= 11 is 5.71. The van der Waals surface area contributed by atoms with E-state index in [1.54, 1.807) is 46.2 Å². The summed E-state index contributed by atoms with van der Waals surface area (Å²) in [6.45, 7) is 12.3. The summed E-state index contributed by atoms with van der Waals surface area (Å²) in [6.07, 6.45) is 14.2. The second-order valence-electron chi connectivity index (χ2n) is 23.0. The van der Waals surface area contributed by atoms with E-state index < -0.39 is 29.2 Å². The minimum atomic E-state index is -0.993. The van der Waals surface area contributed by atoms with Crippen molar-refractivity contribution in [2.45, 2.75) is 122 Å². The lowest BCUT2D eigenvalue weighted by Gasteiger charge is -2.34. The van der Waals surface area contributed by atoms with Gasteiger partial charge in [-0.2, -0.15) is 0 Å². The highest BCUT2D eigenvalue weighted by Gasteiger charge is 2.29. The van der Waals surface area contributed by atoms with Gasteiger partial charge >= 0.3 is 5.97 Å². The molecule has 1 saturated carbocycles. The molecule has 7 aromatic rings. The Bertz CT molecular complexity index is 3620. The molecule has 1 aliphatic carbocycles. The first-order valence-electron chi connectivity index (χ1n) is 30.4. The van der Waals surface area contributed by atoms with Crippen molar-refractivity contribution in [2.24, 2.45) is 0 Å². The molecule has 9 heterocycles. The number of carbonyl (C=O) groups is 3. The number of hydrogen-bond donors (Lipinski definition) is 6. The number of carboxylic acid groups (broad SMARTS) is 1. The molecule has 490 valence electrons. The van der Waals surface area contributed by atoms with Crippen molar-refractivity contribution in [3.63, 3.8) is 0 Å². The van der Waals surface area contributed by atoms with E-state index >= 15 is 0 Å². The number of nitrogens with zero attached hydrogens (tertiary/aromatic N) is 11. The summed E-state index contributed by atoms with van der Waals surface area (Å²) in [5, 5.41) is 36.2. The Kier molecular flexibility index (Phi) is 24.3. The molecule has 4 aliphatic heterocycles. The first-order chi connectivity index (χ1) is 44.0. The molecule has 2 aromatic carbocycles. The van der Waals surface area contributed by atoms with Crippen molar-refractivity contribution < 1.29 is 61.8 Å². The number of aromatic nitrogens is 7. The van der Waals surface area contributed by atoms with E-state index in [0.717, 1.165) is 25.2 Å². The van der Waals surface area contributed by atoms with E-state index in [1.807, 2.05) is 37.5 Å². The third kappa shape index (κ3) is 18.7. The minimum Gasteiger partial charge on any atom is -0.486 e. The van der Waals surface area contributed by atoms with E-state index in [0.29, 0.717) is 135 Å². The molecule has 2 saturated heterocycles. The predicted octanol–water partition coefficient (Wildman–Crippen LogP) is 9.23. The van der Waals surface area contributed by atoms with Gasteiger partial charge in [-0.3, -0.25) is 14.6 Å². The van der Waals surface area contributed by atoms with Crippen LogP contribution in [0.15, 0.2) is 91.6 Å². The number of piperidine rings is 2. The lowest BCUT2D eigenvalue weighted by molar-refractivity contribution is 0.0536. The Morgan fingerprint density at radius 1 is 0.543 bits per heavy atom. The second kappa shape index (κ2) is 32.4. The van der Waals surface area contributed by atoms with Crippen LogP contribution in [0, 0.1) is 23.3 Å². The van der Waals surface area contributed by atoms with E-state index in [1.165, 1.54) is 62.1 Å². The quantitative estimate of drug-likeness (QED) is 0.0579. The number of anilines is 4. The van der Waals surface area contributed by atoms with Crippen LogP contribution in [-0.4, -0.2) is 166 Å². The third-order valence-electron chi connectivity index (χ3n) is 15.7. The van der Waals surface area contributed by atoms with Crippen molar-refractivity contribution in [3.8, 4) is 34.0 Å². The number of carboxylic acids is 1. The number of aliphatic hydroxyl groups excluding tert-OH is 3. The van der Waals surface area contributed by atoms with Gasteiger partial charge in [0.2, 0.25) is 5.28 Å². The predicted molar refractivity (Wildman–Crippen MR) is 338 cm³/mol. The van der Waals surface area contributed by atoms with Gasteiger partial charge in [0.05, 0.1) is 78.3 Å². The van der Waals surface area contributed by atoms with Gasteiger partial charge in [-0.15, -0.1) is 0 Å². The maximum absolute atomic E-state index is 14.9. The highest BCUT2D eigenvalue weighted by Crippen LogP contribution is 2.41. The lowest BCUT2D eigenvalue weighted by atomic mass is 9.98. The topological polar surface area (TPSA) is 306 Å². The highest BCUT2D eigenvalue weighted by molar-refractivity contribution is 6.28. The van der Waals surface area contributed by atoms with Gasteiger partial charge in [-0.1, -0.05) is 19.3 Å². The first kappa shape index (κ1) is 69.0. The molecular weight excluding hydrogens is 1220 g/mol. The maximum Gasteiger partial charge on any atom is 0.337 e. The number of halogens is 5. The number of fused-ring (bicyclic) bond motifs is 2. The molecule has 12 rings (SSSR count). The molecule has 27 heteroatoms. The molecule has 92 heavy (non-hydrogen) atoms. The van der Waals surface area contributed by atoms with Crippen LogP contribution in [0.5, 0.6) is 11.5 Å². The molecule has 0 radical (unpaired) electrons. The average Bonchev–Trinajstić information content (AvgIpc) is 0.844. The van der Waals surface area contributed by atoms with E-state index in [9.17, 15) is 42.2 Å². The number of aliphatic hydroxyl groups is 3. The zero-order valence-corrected chi connectivity index (χ0v) is 52.3. The summed E-state index contributed by atoms with van der Waals surface area (Å²) in [5.74, 6) is -2.18. The van der Waals surface area contributed by atoms with Crippen molar-refractivity contribution in [1.82, 2.24) is 44.7 Å². The normalized spacial score (nSPS) is 15.8. The lowest BCUT2D eigenvalue weighted by Crippen LogP contribution is -2.40. The Morgan fingerprint density at radius 2 is 0.978 bits per heavy atom. The molecule has 0 atom stereocenters. The summed E-state index contributed by atoms with van der Waals surface area (Å²) in [7, 11) is 0. The van der Waals surface area contributed by atoms with E-state index in [4.69, 9.17) is 42.8 Å². The van der Waals surface area contributed by atoms with Crippen LogP contribution in [-0.2, 0) is 6.42 Å². The number of nitrogens with two attached hydrogens (primary N) is 2. The van der Waals surface area contributed by atoms with Crippen LogP contribution in [0.1, 0.15) is 128 Å². The molecule has 5 aliphatic rings. The second-order valence-corrected chi connectivity index (χ2v) is 23.3. The zero-order valence-electron chi connectivity index (χ0n) is 51.6. The summed E-state index contributed by atoms with van der Waals surface area (Å²) in [5.41, 5.74) is 14.2. The van der Waals surface area contributed by atoms with Crippen molar-refractivity contribution in [2.75, 3.05) is 73.7 Å². The van der Waals surface area contributed by atoms with Crippen LogP contribution >= 0.6 is 11.6 Å². The fraction of sp³-hybridized carbons (Fsp3) is 0.415. The van der Waals surface area contributed by atoms with Gasteiger partial charge < -0.3 is 61.0 Å². The van der Waals surface area contributed by atoms with Gasteiger partial charge in [0.15, 0.2) is 34.8 Å². The number of hydrogen-bond acceptors (Lipinski definition) is 19. The van der Waals surface area contributed by atoms with Crippen LogP contribution in [0.2, 0.25) is 5.28 Å². The Balaban J connectivity index is 0.000000167. The third-order valence-corrected chi connectivity index (χ3v) is 15.9. The van der Waals surface area contributed by atoms with Crippen molar-refractivity contribution >= 4 is 52.4 Å². The van der Waals surface area contributed by atoms with Gasteiger partial charge in [0, 0.05) is 73.7 Å². The fourth-order valence-corrected chi connectivity index (χ4v) is 10.8. The average molecular weight is 1290 g/mol. The molecule has 0 unspecified atom stereocenters. The standard InChI is InChI=1S/C27H29F2N5O3.C15H14ClF2N3O.C11H15N3O2.C6H6N2O2.C6H12O/c1-16(2)34-9-10-37-26-21(28)11-18(12-23(26)34)25-22(29)15-31-24(32-25)13-19-4-3-17(14-30-19)27(36)33-7-5-20(35)6-8-33;1-8(2)21-3-4-22-14-10(17)5-9(6-12(14)21)13-11(18)7-19-15(16)20-13;12-10-2-1-8(7-13-10)11(16)14-5-3-9(15)4-6-14;7-5-2-1-4(3-8-5)6(9)10;7-6-4-2-1-3-5-6/h3-4,11-12,14-16,20,35H,5-10,13H2,1-2H3;5-8H,3-4H2,1-2H3;1-2,7,9,15H,3-6H2,(H2,12,13);1-3H,(H2,7,8)(H,9,10);6-7H,1-5H2. The highest BCUT2D eigenvalue weighted by atomic mass is 35.5. The van der Waals surface area contributed by atoms with Crippen molar-refractivity contribution in [1.29, 1.82) is 0 Å². The fourth-order valence-electron chi connectivity index (χ4n) is 10.7. The molecule has 22 nitrogen and oxygen atoms in total. The van der Waals surface area contributed by atoms with Crippen LogP contribution in [0.3, 0.4) is 0 Å². The van der Waals surface area contributed by atoms with Crippen LogP contribution in [0.25, 0.3) is 22.5 Å². The number of nitrogen functional groups attached to an aromatic ring is 2. The molecule has 8 N–H and O–H groups in total. The number of pyridine rings is 3. The molecule has 2 amide bonds. The monoisotopic (exact) mass is 1290 g/mol. The number of ether oxygens (including phenoxy) is 2. The number of aromatic carboxylic acids is 1. The number of amides is 2. The minimum absolute atomic E-state index is 0.0000588. The smallest absolute Gasteiger partial charge is 0.337 e. The van der Waals surface area contributed by atoms with Crippen LogP contribution < -0.4 is 30.7 Å².